The first-order chi connectivity index (χ1) is 8.74. The second-order valence-electron chi connectivity index (χ2n) is 5.55. The molecule has 0 bridgehead atoms. The van der Waals surface area contributed by atoms with Crippen LogP contribution < -0.4 is 0 Å². The minimum Gasteiger partial charge on any atom is -0.249 e. The summed E-state index contributed by atoms with van der Waals surface area (Å²) < 4.78 is 0. The lowest BCUT2D eigenvalue weighted by Gasteiger charge is -2.37. The van der Waals surface area contributed by atoms with E-state index in [2.05, 4.69) is 35.4 Å². The van der Waals surface area contributed by atoms with Crippen LogP contribution in [0, 0.1) is 5.92 Å². The van der Waals surface area contributed by atoms with Crippen LogP contribution in [0.25, 0.3) is 0 Å². The van der Waals surface area contributed by atoms with Crippen molar-refractivity contribution in [2.24, 2.45) is 16.3 Å². The molecule has 1 heterocycles. The van der Waals surface area contributed by atoms with Gasteiger partial charge in [-0.05, 0) is 12.8 Å². The van der Waals surface area contributed by atoms with E-state index in [9.17, 15) is 0 Å². The summed E-state index contributed by atoms with van der Waals surface area (Å²) in [6, 6.07) is 0.608. The smallest absolute Gasteiger partial charge is 0.0988 e. The van der Waals surface area contributed by atoms with Crippen molar-refractivity contribution in [1.29, 1.82) is 0 Å². The van der Waals surface area contributed by atoms with Crippen molar-refractivity contribution in [2.45, 2.75) is 64.0 Å². The number of hydrogen-bond donors (Lipinski definition) is 0. The topological polar surface area (TPSA) is 28.0 Å². The Morgan fingerprint density at radius 3 is 2.39 bits per heavy atom. The van der Waals surface area contributed by atoms with E-state index >= 15 is 0 Å². The van der Waals surface area contributed by atoms with Crippen LogP contribution in [0.1, 0.15) is 51.9 Å². The lowest BCUT2D eigenvalue weighted by molar-refractivity contribution is 0.161. The summed E-state index contributed by atoms with van der Waals surface area (Å²) in [4.78, 5) is 0. The Morgan fingerprint density at radius 2 is 1.78 bits per heavy atom. The van der Waals surface area contributed by atoms with Crippen molar-refractivity contribution < 1.29 is 0 Å². The number of hydrogen-bond acceptors (Lipinski definition) is 3. The van der Waals surface area contributed by atoms with Gasteiger partial charge in [0.1, 0.15) is 0 Å². The van der Waals surface area contributed by atoms with Gasteiger partial charge in [-0.2, -0.15) is 5.11 Å². The SMILES string of the molecule is C=CC1N=NN(C2CCCCCCC2)C(=C)C1C. The summed E-state index contributed by atoms with van der Waals surface area (Å²) in [5, 5.41) is 10.9. The average Bonchev–Trinajstić information content (AvgIpc) is 2.33. The molecule has 1 fully saturated rings. The molecule has 2 rings (SSSR count). The predicted molar refractivity (Wildman–Crippen MR) is 75.1 cm³/mol. The maximum Gasteiger partial charge on any atom is 0.0988 e. The fourth-order valence-corrected chi connectivity index (χ4v) is 2.92. The molecule has 100 valence electrons. The summed E-state index contributed by atoms with van der Waals surface area (Å²) in [5.41, 5.74) is 1.11. The van der Waals surface area contributed by atoms with Gasteiger partial charge < -0.3 is 0 Å². The maximum absolute atomic E-state index is 4.40. The molecule has 0 saturated heterocycles. The van der Waals surface area contributed by atoms with Gasteiger partial charge in [-0.1, -0.05) is 56.9 Å². The van der Waals surface area contributed by atoms with Gasteiger partial charge >= 0.3 is 0 Å². The van der Waals surface area contributed by atoms with Crippen molar-refractivity contribution in [3.63, 3.8) is 0 Å². The first kappa shape index (κ1) is 13.3. The highest BCUT2D eigenvalue weighted by molar-refractivity contribution is 5.09. The molecular weight excluding hydrogens is 222 g/mol. The van der Waals surface area contributed by atoms with Gasteiger partial charge in [0.15, 0.2) is 0 Å². The van der Waals surface area contributed by atoms with Crippen LogP contribution in [-0.4, -0.2) is 17.1 Å². The van der Waals surface area contributed by atoms with Crippen LogP contribution >= 0.6 is 0 Å². The van der Waals surface area contributed by atoms with Crippen LogP contribution in [0.15, 0.2) is 35.3 Å². The molecule has 0 aromatic rings. The Labute approximate surface area is 111 Å². The van der Waals surface area contributed by atoms with Gasteiger partial charge in [0.25, 0.3) is 0 Å². The summed E-state index contributed by atoms with van der Waals surface area (Å²) in [5.74, 6) is 0.324. The first-order valence-electron chi connectivity index (χ1n) is 7.25. The van der Waals surface area contributed by atoms with E-state index in [1.165, 1.54) is 44.9 Å². The van der Waals surface area contributed by atoms with Gasteiger partial charge in [0, 0.05) is 11.6 Å². The largest absolute Gasteiger partial charge is 0.249 e. The Hall–Kier alpha value is -1.12. The fraction of sp³-hybridized carbons (Fsp3) is 0.733. The molecule has 3 nitrogen and oxygen atoms in total. The molecular formula is C15H25N3. The monoisotopic (exact) mass is 247 g/mol. The van der Waals surface area contributed by atoms with E-state index < -0.39 is 0 Å². The molecule has 0 spiro atoms. The molecule has 2 unspecified atom stereocenters. The molecule has 3 heteroatoms. The molecule has 0 radical (unpaired) electrons. The van der Waals surface area contributed by atoms with E-state index in [0.29, 0.717) is 12.0 Å². The highest BCUT2D eigenvalue weighted by Crippen LogP contribution is 2.32. The Balaban J connectivity index is 2.07. The van der Waals surface area contributed by atoms with E-state index in [1.807, 2.05) is 6.08 Å². The molecule has 0 N–H and O–H groups in total. The van der Waals surface area contributed by atoms with Gasteiger partial charge in [-0.15, -0.1) is 6.58 Å². The molecule has 1 saturated carbocycles. The molecule has 2 aliphatic rings. The summed E-state index contributed by atoms with van der Waals surface area (Å²) in [7, 11) is 0. The van der Waals surface area contributed by atoms with Gasteiger partial charge in [0.2, 0.25) is 0 Å². The fourth-order valence-electron chi connectivity index (χ4n) is 2.92. The second-order valence-corrected chi connectivity index (χ2v) is 5.55. The minimum absolute atomic E-state index is 0.0994. The van der Waals surface area contributed by atoms with Crippen LogP contribution in [0.4, 0.5) is 0 Å². The van der Waals surface area contributed by atoms with Crippen molar-refractivity contribution in [3.05, 3.63) is 24.9 Å². The second kappa shape index (κ2) is 6.17. The standard InChI is InChI=1S/C15H25N3/c1-4-15-12(2)13(3)18(17-16-15)14-10-8-6-5-7-9-11-14/h4,12,14-15H,1,3,5-11H2,2H3. The zero-order valence-corrected chi connectivity index (χ0v) is 11.5. The zero-order valence-electron chi connectivity index (χ0n) is 11.5. The van der Waals surface area contributed by atoms with Crippen LogP contribution in [-0.2, 0) is 0 Å². The Bertz CT molecular complexity index is 327. The van der Waals surface area contributed by atoms with Gasteiger partial charge in [-0.3, -0.25) is 0 Å². The Kier molecular flexibility index (Phi) is 4.56. The van der Waals surface area contributed by atoms with Crippen molar-refractivity contribution in [2.75, 3.05) is 0 Å². The van der Waals surface area contributed by atoms with Crippen molar-refractivity contribution in [1.82, 2.24) is 5.01 Å². The van der Waals surface area contributed by atoms with Gasteiger partial charge in [0.05, 0.1) is 12.1 Å². The predicted octanol–water partition coefficient (Wildman–Crippen LogP) is 4.49. The maximum atomic E-state index is 4.40. The molecule has 18 heavy (non-hydrogen) atoms. The lowest BCUT2D eigenvalue weighted by atomic mass is 9.93. The minimum atomic E-state index is 0.0994. The quantitative estimate of drug-likeness (QED) is 0.661. The van der Waals surface area contributed by atoms with Crippen molar-refractivity contribution in [3.8, 4) is 0 Å². The average molecular weight is 247 g/mol. The van der Waals surface area contributed by atoms with Crippen LogP contribution in [0.3, 0.4) is 0 Å². The molecule has 0 aromatic carbocycles. The lowest BCUT2D eigenvalue weighted by Crippen LogP contribution is -2.37. The highest BCUT2D eigenvalue weighted by atomic mass is 15.6. The van der Waals surface area contributed by atoms with Crippen LogP contribution in [0.2, 0.25) is 0 Å². The molecule has 2 atom stereocenters. The van der Waals surface area contributed by atoms with E-state index in [0.717, 1.165) is 5.70 Å². The first-order valence-corrected chi connectivity index (χ1v) is 7.25. The van der Waals surface area contributed by atoms with E-state index in [-0.39, 0.29) is 6.04 Å². The van der Waals surface area contributed by atoms with Crippen molar-refractivity contribution >= 4 is 0 Å². The summed E-state index contributed by atoms with van der Waals surface area (Å²) >= 11 is 0. The summed E-state index contributed by atoms with van der Waals surface area (Å²) in [6.07, 6.45) is 11.1. The van der Waals surface area contributed by atoms with E-state index in [1.54, 1.807) is 0 Å². The van der Waals surface area contributed by atoms with Gasteiger partial charge in [-0.25, -0.2) is 5.01 Å². The molecule has 0 aromatic heterocycles. The molecule has 0 amide bonds. The highest BCUT2D eigenvalue weighted by Gasteiger charge is 2.30. The third-order valence-corrected chi connectivity index (χ3v) is 4.28. The Morgan fingerprint density at radius 1 is 1.17 bits per heavy atom. The third kappa shape index (κ3) is 2.82. The normalized spacial score (nSPS) is 30.9. The number of rotatable bonds is 2. The summed E-state index contributed by atoms with van der Waals surface area (Å²) in [6.45, 7) is 10.2. The third-order valence-electron chi connectivity index (χ3n) is 4.28. The van der Waals surface area contributed by atoms with Crippen LogP contribution in [0.5, 0.6) is 0 Å². The molecule has 1 aliphatic carbocycles. The zero-order chi connectivity index (χ0) is 13.0. The number of nitrogens with zero attached hydrogens (tertiary/aromatic N) is 3. The van der Waals surface area contributed by atoms with E-state index in [4.69, 9.17) is 0 Å². The molecule has 1 aliphatic heterocycles.